The summed E-state index contributed by atoms with van der Waals surface area (Å²) in [5.74, 6) is -0.514. The third-order valence-corrected chi connectivity index (χ3v) is 2.68. The first-order valence-corrected chi connectivity index (χ1v) is 5.20. The highest BCUT2D eigenvalue weighted by Crippen LogP contribution is 2.31. The van der Waals surface area contributed by atoms with Crippen LogP contribution in [-0.4, -0.2) is 31.8 Å². The van der Waals surface area contributed by atoms with Crippen molar-refractivity contribution in [2.45, 2.75) is 20.3 Å². The van der Waals surface area contributed by atoms with Gasteiger partial charge in [0.15, 0.2) is 0 Å². The van der Waals surface area contributed by atoms with E-state index in [-0.39, 0.29) is 17.6 Å². The van der Waals surface area contributed by atoms with Crippen LogP contribution in [0.2, 0.25) is 0 Å². The van der Waals surface area contributed by atoms with Crippen molar-refractivity contribution in [3.05, 3.63) is 12.2 Å². The molecule has 0 unspecified atom stereocenters. The average molecular weight is 227 g/mol. The molecule has 0 spiro atoms. The number of ether oxygens (including phenoxy) is 2. The van der Waals surface area contributed by atoms with E-state index in [1.807, 2.05) is 6.92 Å². The second-order valence-corrected chi connectivity index (χ2v) is 4.16. The monoisotopic (exact) mass is 227 g/mol. The lowest BCUT2D eigenvalue weighted by Gasteiger charge is -2.39. The summed E-state index contributed by atoms with van der Waals surface area (Å²) < 4.78 is 10.1. The normalized spacial score (nSPS) is 17.1. The van der Waals surface area contributed by atoms with Crippen LogP contribution in [-0.2, 0) is 14.3 Å². The molecule has 0 radical (unpaired) electrons. The minimum absolute atomic E-state index is 0.0659. The first-order chi connectivity index (χ1) is 7.49. The summed E-state index contributed by atoms with van der Waals surface area (Å²) in [6.45, 7) is 8.44. The van der Waals surface area contributed by atoms with Crippen molar-refractivity contribution in [3.63, 3.8) is 0 Å². The Morgan fingerprint density at radius 1 is 1.50 bits per heavy atom. The predicted octanol–water partition coefficient (Wildman–Crippen LogP) is 1.24. The van der Waals surface area contributed by atoms with Crippen molar-refractivity contribution in [2.24, 2.45) is 5.41 Å². The molecule has 1 saturated heterocycles. The maximum absolute atomic E-state index is 11.2. The second kappa shape index (κ2) is 5.12. The van der Waals surface area contributed by atoms with Gasteiger partial charge in [0.2, 0.25) is 0 Å². The van der Waals surface area contributed by atoms with Crippen LogP contribution in [0.15, 0.2) is 12.2 Å². The smallest absolute Gasteiger partial charge is 0.414 e. The minimum atomic E-state index is -0.729. The number of carbonyl (C=O) groups excluding carboxylic acids is 2. The van der Waals surface area contributed by atoms with E-state index in [2.05, 4.69) is 11.9 Å². The van der Waals surface area contributed by atoms with Crippen LogP contribution in [0.3, 0.4) is 0 Å². The fourth-order valence-corrected chi connectivity index (χ4v) is 1.23. The minimum Gasteiger partial charge on any atom is -0.448 e. The Morgan fingerprint density at radius 2 is 2.12 bits per heavy atom. The van der Waals surface area contributed by atoms with E-state index in [0.29, 0.717) is 13.2 Å². The molecule has 0 saturated carbocycles. The fourth-order valence-electron chi connectivity index (χ4n) is 1.23. The Bertz CT molecular complexity index is 302. The van der Waals surface area contributed by atoms with E-state index in [4.69, 9.17) is 9.47 Å². The molecule has 0 bridgehead atoms. The van der Waals surface area contributed by atoms with Crippen LogP contribution in [0.5, 0.6) is 0 Å². The second-order valence-electron chi connectivity index (χ2n) is 4.16. The van der Waals surface area contributed by atoms with E-state index in [0.717, 1.165) is 6.42 Å². The van der Waals surface area contributed by atoms with Crippen molar-refractivity contribution in [3.8, 4) is 0 Å². The van der Waals surface area contributed by atoms with E-state index in [1.165, 1.54) is 6.92 Å². The summed E-state index contributed by atoms with van der Waals surface area (Å²) in [7, 11) is 0. The van der Waals surface area contributed by atoms with Gasteiger partial charge < -0.3 is 9.47 Å². The largest absolute Gasteiger partial charge is 0.448 e. The van der Waals surface area contributed by atoms with Crippen LogP contribution in [0.4, 0.5) is 4.79 Å². The van der Waals surface area contributed by atoms with E-state index >= 15 is 0 Å². The number of nitrogens with one attached hydrogen (secondary N) is 1. The van der Waals surface area contributed by atoms with Crippen molar-refractivity contribution in [1.29, 1.82) is 0 Å². The first kappa shape index (κ1) is 12.7. The molecule has 1 heterocycles. The van der Waals surface area contributed by atoms with Gasteiger partial charge in [-0.2, -0.15) is 0 Å². The average Bonchev–Trinajstić information content (AvgIpc) is 2.16. The SMILES string of the molecule is C=C(C)C(=O)NC(=O)OCC1(CC)COC1. The Labute approximate surface area is 94.8 Å². The number of hydrogen-bond acceptors (Lipinski definition) is 4. The Kier molecular flexibility index (Phi) is 4.06. The lowest BCUT2D eigenvalue weighted by atomic mass is 9.84. The molecule has 90 valence electrons. The van der Waals surface area contributed by atoms with Gasteiger partial charge in [-0.1, -0.05) is 13.5 Å². The maximum Gasteiger partial charge on any atom is 0.414 e. The number of alkyl carbamates (subject to hydrolysis) is 1. The van der Waals surface area contributed by atoms with Gasteiger partial charge in [0.1, 0.15) is 6.61 Å². The molecule has 0 aromatic rings. The molecule has 16 heavy (non-hydrogen) atoms. The Morgan fingerprint density at radius 3 is 2.50 bits per heavy atom. The molecule has 0 aromatic carbocycles. The molecule has 0 atom stereocenters. The number of carbonyl (C=O) groups is 2. The molecule has 1 N–H and O–H groups in total. The molecule has 1 rings (SSSR count). The molecule has 0 aromatic heterocycles. The first-order valence-electron chi connectivity index (χ1n) is 5.20. The summed E-state index contributed by atoms with van der Waals surface area (Å²) in [4.78, 5) is 22.3. The number of rotatable bonds is 4. The summed E-state index contributed by atoms with van der Waals surface area (Å²) >= 11 is 0. The van der Waals surface area contributed by atoms with Gasteiger partial charge in [-0.15, -0.1) is 0 Å². The highest BCUT2D eigenvalue weighted by atomic mass is 16.6. The van der Waals surface area contributed by atoms with Crippen LogP contribution < -0.4 is 5.32 Å². The van der Waals surface area contributed by atoms with Crippen molar-refractivity contribution < 1.29 is 19.1 Å². The van der Waals surface area contributed by atoms with Crippen LogP contribution >= 0.6 is 0 Å². The molecule has 1 aliphatic heterocycles. The van der Waals surface area contributed by atoms with Crippen molar-refractivity contribution in [2.75, 3.05) is 19.8 Å². The number of imide groups is 1. The maximum atomic E-state index is 11.2. The van der Waals surface area contributed by atoms with Gasteiger partial charge >= 0.3 is 6.09 Å². The van der Waals surface area contributed by atoms with E-state index in [1.54, 1.807) is 0 Å². The lowest BCUT2D eigenvalue weighted by Crippen LogP contribution is -2.47. The zero-order chi connectivity index (χ0) is 12.2. The molecule has 1 fully saturated rings. The predicted molar refractivity (Wildman–Crippen MR) is 57.8 cm³/mol. The summed E-state index contributed by atoms with van der Waals surface area (Å²) in [6, 6.07) is 0. The molecule has 2 amide bonds. The molecule has 5 heteroatoms. The van der Waals surface area contributed by atoms with Crippen LogP contribution in [0.25, 0.3) is 0 Å². The van der Waals surface area contributed by atoms with Gasteiger partial charge in [-0.05, 0) is 13.3 Å². The van der Waals surface area contributed by atoms with Gasteiger partial charge in [0, 0.05) is 5.57 Å². The molecular formula is C11H17NO4. The molecule has 1 aliphatic rings. The highest BCUT2D eigenvalue weighted by molar-refractivity contribution is 6.01. The van der Waals surface area contributed by atoms with Gasteiger partial charge in [0.05, 0.1) is 18.6 Å². The molecular weight excluding hydrogens is 210 g/mol. The van der Waals surface area contributed by atoms with Crippen LogP contribution in [0, 0.1) is 5.41 Å². The topological polar surface area (TPSA) is 64.6 Å². The fraction of sp³-hybridized carbons (Fsp3) is 0.636. The van der Waals surface area contributed by atoms with Crippen LogP contribution in [0.1, 0.15) is 20.3 Å². The Balaban J connectivity index is 2.30. The quantitative estimate of drug-likeness (QED) is 0.734. The zero-order valence-corrected chi connectivity index (χ0v) is 9.67. The van der Waals surface area contributed by atoms with Gasteiger partial charge in [-0.25, -0.2) is 4.79 Å². The lowest BCUT2D eigenvalue weighted by molar-refractivity contribution is -0.139. The standard InChI is InChI=1S/C11H17NO4/c1-4-11(5-15-6-11)7-16-10(14)12-9(13)8(2)3/h2,4-7H2,1,3H3,(H,12,13,14). The summed E-state index contributed by atoms with van der Waals surface area (Å²) in [5.41, 5.74) is 0.206. The zero-order valence-electron chi connectivity index (χ0n) is 9.67. The third-order valence-electron chi connectivity index (χ3n) is 2.68. The molecule has 5 nitrogen and oxygen atoms in total. The molecule has 0 aliphatic carbocycles. The number of amides is 2. The Hall–Kier alpha value is -1.36. The van der Waals surface area contributed by atoms with E-state index < -0.39 is 12.0 Å². The van der Waals surface area contributed by atoms with Crippen molar-refractivity contribution >= 4 is 12.0 Å². The summed E-state index contributed by atoms with van der Waals surface area (Å²) in [6.07, 6.45) is 0.155. The highest BCUT2D eigenvalue weighted by Gasteiger charge is 2.38. The summed E-state index contributed by atoms with van der Waals surface area (Å²) in [5, 5.41) is 2.08. The third kappa shape index (κ3) is 3.06. The van der Waals surface area contributed by atoms with E-state index in [9.17, 15) is 9.59 Å². The number of hydrogen-bond donors (Lipinski definition) is 1. The van der Waals surface area contributed by atoms with Crippen molar-refractivity contribution in [1.82, 2.24) is 5.32 Å². The van der Waals surface area contributed by atoms with Gasteiger partial charge in [0.25, 0.3) is 5.91 Å². The van der Waals surface area contributed by atoms with Gasteiger partial charge in [-0.3, -0.25) is 10.1 Å².